The Labute approximate surface area is 143 Å². The quantitative estimate of drug-likeness (QED) is 0.684. The molecule has 0 aromatic heterocycles. The van der Waals surface area contributed by atoms with Crippen LogP contribution in [0.4, 0.5) is 0 Å². The van der Waals surface area contributed by atoms with Crippen LogP contribution in [0.25, 0.3) is 0 Å². The van der Waals surface area contributed by atoms with E-state index in [9.17, 15) is 9.59 Å². The minimum atomic E-state index is -0.290. The highest BCUT2D eigenvalue weighted by Gasteiger charge is 2.56. The molecule has 4 atom stereocenters. The molecule has 1 saturated heterocycles. The average molecular weight is 330 g/mol. The molecule has 0 aromatic rings. The average Bonchev–Trinajstić information content (AvgIpc) is 2.96. The fourth-order valence-corrected chi connectivity index (χ4v) is 5.79. The number of rotatable bonds is 1. The van der Waals surface area contributed by atoms with E-state index >= 15 is 0 Å². The summed E-state index contributed by atoms with van der Waals surface area (Å²) in [6, 6.07) is 0. The van der Waals surface area contributed by atoms with E-state index in [1.165, 1.54) is 31.9 Å². The molecule has 130 valence electrons. The Morgan fingerprint density at radius 3 is 2.75 bits per heavy atom. The van der Waals surface area contributed by atoms with Gasteiger partial charge in [0.1, 0.15) is 5.76 Å². The van der Waals surface area contributed by atoms with E-state index in [4.69, 9.17) is 9.47 Å². The summed E-state index contributed by atoms with van der Waals surface area (Å²) in [5, 5.41) is 0. The van der Waals surface area contributed by atoms with Crippen molar-refractivity contribution >= 4 is 11.9 Å². The van der Waals surface area contributed by atoms with Gasteiger partial charge in [0.15, 0.2) is 0 Å². The molecule has 0 spiro atoms. The molecule has 0 radical (unpaired) electrons. The van der Waals surface area contributed by atoms with Gasteiger partial charge in [0, 0.05) is 11.8 Å². The normalized spacial score (nSPS) is 41.0. The summed E-state index contributed by atoms with van der Waals surface area (Å²) in [7, 11) is 1.43. The van der Waals surface area contributed by atoms with Crippen LogP contribution in [-0.2, 0) is 19.1 Å². The summed E-state index contributed by atoms with van der Waals surface area (Å²) in [6.45, 7) is 4.59. The molecule has 4 rings (SSSR count). The van der Waals surface area contributed by atoms with Gasteiger partial charge >= 0.3 is 11.9 Å². The van der Waals surface area contributed by atoms with Gasteiger partial charge in [-0.2, -0.15) is 0 Å². The molecule has 1 aliphatic heterocycles. The Kier molecular flexibility index (Phi) is 3.45. The van der Waals surface area contributed by atoms with Crippen LogP contribution in [0.1, 0.15) is 58.8 Å². The summed E-state index contributed by atoms with van der Waals surface area (Å²) in [5.74, 6) is 0.943. The van der Waals surface area contributed by atoms with Gasteiger partial charge in [-0.15, -0.1) is 0 Å². The summed E-state index contributed by atoms with van der Waals surface area (Å²) in [4.78, 5) is 24.3. The number of ether oxygens (including phenoxy) is 2. The SMILES string of the molecule is COC(=O)C1=C2[C@@H]3CCC[C@@]3(C)CC[C@@H]2[C@@]2(C)CCC(=O)OC2=C1. The number of fused-ring (bicyclic) bond motifs is 5. The lowest BCUT2D eigenvalue weighted by molar-refractivity contribution is -0.148. The number of allylic oxidation sites excluding steroid dienone is 2. The second-order valence-corrected chi connectivity index (χ2v) is 8.45. The molecule has 0 N–H and O–H groups in total. The second kappa shape index (κ2) is 5.21. The van der Waals surface area contributed by atoms with Gasteiger partial charge in [-0.1, -0.05) is 20.3 Å². The van der Waals surface area contributed by atoms with Gasteiger partial charge < -0.3 is 9.47 Å². The fourth-order valence-electron chi connectivity index (χ4n) is 5.79. The van der Waals surface area contributed by atoms with Gasteiger partial charge in [-0.3, -0.25) is 4.79 Å². The Bertz CT molecular complexity index is 673. The molecule has 3 aliphatic carbocycles. The van der Waals surface area contributed by atoms with Crippen molar-refractivity contribution in [3.8, 4) is 0 Å². The van der Waals surface area contributed by atoms with Crippen molar-refractivity contribution in [1.29, 1.82) is 0 Å². The fraction of sp³-hybridized carbons (Fsp3) is 0.700. The van der Waals surface area contributed by atoms with E-state index in [-0.39, 0.29) is 23.3 Å². The monoisotopic (exact) mass is 330 g/mol. The molecule has 0 unspecified atom stereocenters. The first-order valence-corrected chi connectivity index (χ1v) is 9.14. The maximum absolute atomic E-state index is 12.5. The molecular weight excluding hydrogens is 304 g/mol. The Morgan fingerprint density at radius 1 is 1.21 bits per heavy atom. The maximum Gasteiger partial charge on any atom is 0.337 e. The predicted molar refractivity (Wildman–Crippen MR) is 88.7 cm³/mol. The number of methoxy groups -OCH3 is 1. The van der Waals surface area contributed by atoms with E-state index in [1.807, 2.05) is 6.08 Å². The van der Waals surface area contributed by atoms with Crippen molar-refractivity contribution in [2.45, 2.75) is 58.8 Å². The second-order valence-electron chi connectivity index (χ2n) is 8.45. The van der Waals surface area contributed by atoms with Crippen LogP contribution >= 0.6 is 0 Å². The molecule has 2 saturated carbocycles. The predicted octanol–water partition coefficient (Wildman–Crippen LogP) is 3.91. The molecule has 0 aromatic carbocycles. The lowest BCUT2D eigenvalue weighted by Crippen LogP contribution is -2.46. The lowest BCUT2D eigenvalue weighted by atomic mass is 9.53. The zero-order valence-electron chi connectivity index (χ0n) is 14.8. The van der Waals surface area contributed by atoms with Crippen molar-refractivity contribution < 1.29 is 19.1 Å². The third-order valence-electron chi connectivity index (χ3n) is 7.23. The molecular formula is C20H26O4. The van der Waals surface area contributed by atoms with Crippen LogP contribution < -0.4 is 0 Å². The molecule has 0 bridgehead atoms. The summed E-state index contributed by atoms with van der Waals surface area (Å²) >= 11 is 0. The first-order chi connectivity index (χ1) is 11.4. The van der Waals surface area contributed by atoms with Crippen LogP contribution in [0.15, 0.2) is 23.0 Å². The minimum Gasteiger partial charge on any atom is -0.465 e. The Hall–Kier alpha value is -1.58. The molecule has 0 amide bonds. The number of hydrogen-bond donors (Lipinski definition) is 0. The van der Waals surface area contributed by atoms with Gasteiger partial charge in [0.2, 0.25) is 0 Å². The van der Waals surface area contributed by atoms with Crippen molar-refractivity contribution in [3.63, 3.8) is 0 Å². The highest BCUT2D eigenvalue weighted by atomic mass is 16.5. The standard InChI is InChI=1S/C20H26O4/c1-19-8-4-5-13(19)17-12(18(22)23-3)11-15-20(2,14(17)6-9-19)10-7-16(21)24-15/h11,13-14H,4-10H2,1-3H3/t13-,14-,19-,20+/m0/s1. The van der Waals surface area contributed by atoms with E-state index in [0.29, 0.717) is 29.1 Å². The smallest absolute Gasteiger partial charge is 0.337 e. The number of carbonyl (C=O) groups excluding carboxylic acids is 2. The highest BCUT2D eigenvalue weighted by molar-refractivity contribution is 5.93. The van der Waals surface area contributed by atoms with Crippen LogP contribution in [0.2, 0.25) is 0 Å². The topological polar surface area (TPSA) is 52.6 Å². The third-order valence-corrected chi connectivity index (χ3v) is 7.23. The van der Waals surface area contributed by atoms with Crippen molar-refractivity contribution in [2.24, 2.45) is 22.7 Å². The third kappa shape index (κ3) is 2.04. The largest absolute Gasteiger partial charge is 0.465 e. The van der Waals surface area contributed by atoms with E-state index in [0.717, 1.165) is 19.3 Å². The van der Waals surface area contributed by atoms with Crippen LogP contribution in [-0.4, -0.2) is 19.0 Å². The lowest BCUT2D eigenvalue weighted by Gasteiger charge is -2.52. The Morgan fingerprint density at radius 2 is 2.00 bits per heavy atom. The molecule has 4 nitrogen and oxygen atoms in total. The first-order valence-electron chi connectivity index (χ1n) is 9.14. The number of hydrogen-bond acceptors (Lipinski definition) is 4. The molecule has 3 fully saturated rings. The summed E-state index contributed by atoms with van der Waals surface area (Å²) in [6.07, 6.45) is 8.97. The van der Waals surface area contributed by atoms with Crippen LogP contribution in [0, 0.1) is 22.7 Å². The maximum atomic E-state index is 12.5. The molecule has 1 heterocycles. The van der Waals surface area contributed by atoms with Crippen LogP contribution in [0.5, 0.6) is 0 Å². The van der Waals surface area contributed by atoms with E-state index < -0.39 is 0 Å². The minimum absolute atomic E-state index is 0.162. The molecule has 4 aliphatic rings. The molecule has 24 heavy (non-hydrogen) atoms. The summed E-state index contributed by atoms with van der Waals surface area (Å²) in [5.41, 5.74) is 2.09. The van der Waals surface area contributed by atoms with Crippen molar-refractivity contribution in [3.05, 3.63) is 23.0 Å². The van der Waals surface area contributed by atoms with Crippen molar-refractivity contribution in [2.75, 3.05) is 7.11 Å². The van der Waals surface area contributed by atoms with Crippen molar-refractivity contribution in [1.82, 2.24) is 0 Å². The number of carbonyl (C=O) groups is 2. The van der Waals surface area contributed by atoms with Gasteiger partial charge in [0.05, 0.1) is 12.7 Å². The molecule has 4 heteroatoms. The van der Waals surface area contributed by atoms with E-state index in [2.05, 4.69) is 13.8 Å². The van der Waals surface area contributed by atoms with E-state index in [1.54, 1.807) is 0 Å². The number of esters is 2. The first kappa shape index (κ1) is 15.9. The highest BCUT2D eigenvalue weighted by Crippen LogP contribution is 2.63. The van der Waals surface area contributed by atoms with Gasteiger partial charge in [-0.05, 0) is 61.0 Å². The Balaban J connectivity index is 1.89. The zero-order valence-corrected chi connectivity index (χ0v) is 14.8. The van der Waals surface area contributed by atoms with Crippen LogP contribution in [0.3, 0.4) is 0 Å². The van der Waals surface area contributed by atoms with Gasteiger partial charge in [0.25, 0.3) is 0 Å². The van der Waals surface area contributed by atoms with Gasteiger partial charge in [-0.25, -0.2) is 4.79 Å². The zero-order chi connectivity index (χ0) is 17.1. The summed E-state index contributed by atoms with van der Waals surface area (Å²) < 4.78 is 10.7.